The summed E-state index contributed by atoms with van der Waals surface area (Å²) < 4.78 is 2.11. The smallest absolute Gasteiger partial charge is 0.161 e. The second-order valence-electron chi connectivity index (χ2n) is 6.37. The number of thiophene rings is 1. The summed E-state index contributed by atoms with van der Waals surface area (Å²) in [7, 11) is 0. The number of nitrogens with zero attached hydrogens (tertiary/aromatic N) is 1. The first-order chi connectivity index (χ1) is 11.9. The number of aryl methyl sites for hydroxylation is 1. The second-order valence-corrected chi connectivity index (χ2v) is 7.32. The molecule has 0 unspecified atom stereocenters. The maximum absolute atomic E-state index is 12.4. The van der Waals surface area contributed by atoms with Crippen LogP contribution in [0.15, 0.2) is 41.8 Å². The predicted octanol–water partition coefficient (Wildman–Crippen LogP) is 5.16. The minimum absolute atomic E-state index is 0.00239. The minimum Gasteiger partial charge on any atom is -0.312 e. The Kier molecular flexibility index (Phi) is 4.73. The Labute approximate surface area is 151 Å². The lowest BCUT2D eigenvalue weighted by Crippen LogP contribution is -2.03. The van der Waals surface area contributed by atoms with Crippen molar-refractivity contribution in [2.45, 2.75) is 34.1 Å². The molecular formula is C21H21NO2S. The quantitative estimate of drug-likeness (QED) is 0.596. The van der Waals surface area contributed by atoms with E-state index in [1.54, 1.807) is 25.2 Å². The summed E-state index contributed by atoms with van der Waals surface area (Å²) in [6, 6.07) is 12.3. The van der Waals surface area contributed by atoms with E-state index in [1.165, 1.54) is 5.56 Å². The van der Waals surface area contributed by atoms with Crippen LogP contribution >= 0.6 is 11.3 Å². The Morgan fingerprint density at radius 2 is 1.72 bits per heavy atom. The van der Waals surface area contributed by atoms with Gasteiger partial charge in [-0.05, 0) is 56.8 Å². The average molecular weight is 351 g/mol. The molecule has 0 fully saturated rings. The summed E-state index contributed by atoms with van der Waals surface area (Å²) >= 11 is 1.62. The SMILES string of the molecule is CC(=O)Cc1c(C(C)=O)c(C)n(-c2ccc(C)cc2)c1-c1cccs1. The van der Waals surface area contributed by atoms with E-state index in [-0.39, 0.29) is 18.0 Å². The summed E-state index contributed by atoms with van der Waals surface area (Å²) in [6.07, 6.45) is 0.266. The molecule has 0 saturated heterocycles. The zero-order valence-electron chi connectivity index (χ0n) is 14.9. The lowest BCUT2D eigenvalue weighted by atomic mass is 10.0. The Bertz CT molecular complexity index is 931. The summed E-state index contributed by atoms with van der Waals surface area (Å²) in [5.74, 6) is 0.0544. The van der Waals surface area contributed by atoms with Crippen molar-refractivity contribution >= 4 is 22.9 Å². The van der Waals surface area contributed by atoms with E-state index in [0.29, 0.717) is 5.56 Å². The topological polar surface area (TPSA) is 39.1 Å². The molecule has 0 aliphatic rings. The maximum atomic E-state index is 12.4. The van der Waals surface area contributed by atoms with Crippen LogP contribution in [0.4, 0.5) is 0 Å². The van der Waals surface area contributed by atoms with Gasteiger partial charge in [0, 0.05) is 23.4 Å². The van der Waals surface area contributed by atoms with E-state index < -0.39 is 0 Å². The van der Waals surface area contributed by atoms with Crippen LogP contribution in [0.25, 0.3) is 16.3 Å². The molecule has 0 amide bonds. The van der Waals surface area contributed by atoms with E-state index in [2.05, 4.69) is 35.8 Å². The van der Waals surface area contributed by atoms with Crippen molar-refractivity contribution in [3.8, 4) is 16.3 Å². The van der Waals surface area contributed by atoms with Crippen molar-refractivity contribution in [3.05, 3.63) is 64.2 Å². The molecule has 0 bridgehead atoms. The molecule has 0 radical (unpaired) electrons. The largest absolute Gasteiger partial charge is 0.312 e. The lowest BCUT2D eigenvalue weighted by molar-refractivity contribution is -0.116. The maximum Gasteiger partial charge on any atom is 0.161 e. The fourth-order valence-corrected chi connectivity index (χ4v) is 4.12. The van der Waals surface area contributed by atoms with Crippen molar-refractivity contribution < 1.29 is 9.59 Å². The molecule has 128 valence electrons. The third-order valence-electron chi connectivity index (χ3n) is 4.33. The summed E-state index contributed by atoms with van der Waals surface area (Å²) in [5.41, 5.74) is 5.53. The molecule has 0 aliphatic heterocycles. The van der Waals surface area contributed by atoms with E-state index >= 15 is 0 Å². The molecule has 2 heterocycles. The Balaban J connectivity index is 2.38. The molecule has 3 nitrogen and oxygen atoms in total. The van der Waals surface area contributed by atoms with Crippen LogP contribution in [0, 0.1) is 13.8 Å². The number of ketones is 2. The standard InChI is InChI=1S/C21H21NO2S/c1-13-7-9-17(10-8-13)22-15(3)20(16(4)24)18(12-14(2)23)21(22)19-6-5-11-25-19/h5-11H,12H2,1-4H3. The molecule has 0 aliphatic carbocycles. The minimum atomic E-state index is -0.00239. The Morgan fingerprint density at radius 3 is 2.24 bits per heavy atom. The van der Waals surface area contributed by atoms with Crippen molar-refractivity contribution in [1.82, 2.24) is 4.57 Å². The first kappa shape index (κ1) is 17.4. The van der Waals surface area contributed by atoms with Gasteiger partial charge in [0.1, 0.15) is 5.78 Å². The number of benzene rings is 1. The van der Waals surface area contributed by atoms with Gasteiger partial charge in [0.25, 0.3) is 0 Å². The number of Topliss-reactive ketones (excluding diaryl/α,β-unsaturated/α-hetero) is 2. The molecule has 3 rings (SSSR count). The summed E-state index contributed by atoms with van der Waals surface area (Å²) in [5, 5.41) is 2.02. The second kappa shape index (κ2) is 6.81. The van der Waals surface area contributed by atoms with Crippen LogP contribution in [0.5, 0.6) is 0 Å². The molecule has 0 spiro atoms. The highest BCUT2D eigenvalue weighted by Gasteiger charge is 2.26. The van der Waals surface area contributed by atoms with E-state index in [1.807, 2.05) is 24.4 Å². The Hall–Kier alpha value is -2.46. The van der Waals surface area contributed by atoms with Gasteiger partial charge in [-0.3, -0.25) is 9.59 Å². The van der Waals surface area contributed by atoms with E-state index in [4.69, 9.17) is 0 Å². The monoisotopic (exact) mass is 351 g/mol. The zero-order chi connectivity index (χ0) is 18.1. The molecule has 3 aromatic rings. The van der Waals surface area contributed by atoms with Gasteiger partial charge in [0.15, 0.2) is 5.78 Å². The normalized spacial score (nSPS) is 10.9. The first-order valence-electron chi connectivity index (χ1n) is 8.25. The predicted molar refractivity (Wildman–Crippen MR) is 103 cm³/mol. The highest BCUT2D eigenvalue weighted by Crippen LogP contribution is 2.37. The molecule has 1 aromatic carbocycles. The number of hydrogen-bond donors (Lipinski definition) is 0. The van der Waals surface area contributed by atoms with Crippen molar-refractivity contribution in [1.29, 1.82) is 0 Å². The van der Waals surface area contributed by atoms with Crippen LogP contribution < -0.4 is 0 Å². The number of carbonyl (C=O) groups is 2. The van der Waals surface area contributed by atoms with Gasteiger partial charge in [0.05, 0.1) is 10.6 Å². The van der Waals surface area contributed by atoms with Gasteiger partial charge in [-0.15, -0.1) is 11.3 Å². The highest BCUT2D eigenvalue weighted by atomic mass is 32.1. The van der Waals surface area contributed by atoms with Crippen LogP contribution in [0.2, 0.25) is 0 Å². The average Bonchev–Trinajstić information content (AvgIpc) is 3.14. The zero-order valence-corrected chi connectivity index (χ0v) is 15.7. The molecule has 25 heavy (non-hydrogen) atoms. The van der Waals surface area contributed by atoms with Gasteiger partial charge < -0.3 is 4.57 Å². The van der Waals surface area contributed by atoms with Crippen LogP contribution in [0.1, 0.15) is 41.0 Å². The van der Waals surface area contributed by atoms with Crippen molar-refractivity contribution in [2.75, 3.05) is 0 Å². The van der Waals surface area contributed by atoms with Crippen LogP contribution in [-0.2, 0) is 11.2 Å². The van der Waals surface area contributed by atoms with Gasteiger partial charge in [-0.2, -0.15) is 0 Å². The third kappa shape index (κ3) is 3.22. The molecule has 4 heteroatoms. The molecule has 0 N–H and O–H groups in total. The lowest BCUT2D eigenvalue weighted by Gasteiger charge is -2.12. The summed E-state index contributed by atoms with van der Waals surface area (Å²) in [4.78, 5) is 25.3. The van der Waals surface area contributed by atoms with E-state index in [9.17, 15) is 9.59 Å². The fourth-order valence-electron chi connectivity index (χ4n) is 3.33. The first-order valence-corrected chi connectivity index (χ1v) is 9.13. The van der Waals surface area contributed by atoms with Crippen LogP contribution in [0.3, 0.4) is 0 Å². The van der Waals surface area contributed by atoms with Crippen molar-refractivity contribution in [2.24, 2.45) is 0 Å². The molecule has 0 atom stereocenters. The number of rotatable bonds is 5. The molecule has 2 aromatic heterocycles. The number of hydrogen-bond acceptors (Lipinski definition) is 3. The third-order valence-corrected chi connectivity index (χ3v) is 5.21. The Morgan fingerprint density at radius 1 is 1.04 bits per heavy atom. The molecular weight excluding hydrogens is 330 g/mol. The fraction of sp³-hybridized carbons (Fsp3) is 0.238. The van der Waals surface area contributed by atoms with Gasteiger partial charge in [-0.1, -0.05) is 23.8 Å². The highest BCUT2D eigenvalue weighted by molar-refractivity contribution is 7.13. The van der Waals surface area contributed by atoms with Gasteiger partial charge in [0.2, 0.25) is 0 Å². The van der Waals surface area contributed by atoms with Crippen LogP contribution in [-0.4, -0.2) is 16.1 Å². The number of aromatic nitrogens is 1. The van der Waals surface area contributed by atoms with Gasteiger partial charge >= 0.3 is 0 Å². The van der Waals surface area contributed by atoms with E-state index in [0.717, 1.165) is 27.5 Å². The van der Waals surface area contributed by atoms with Gasteiger partial charge in [-0.25, -0.2) is 0 Å². The number of carbonyl (C=O) groups excluding carboxylic acids is 2. The molecule has 0 saturated carbocycles. The summed E-state index contributed by atoms with van der Waals surface area (Å²) in [6.45, 7) is 7.15. The van der Waals surface area contributed by atoms with Crippen molar-refractivity contribution in [3.63, 3.8) is 0 Å².